The van der Waals surface area contributed by atoms with Crippen molar-refractivity contribution in [2.24, 2.45) is 0 Å². The van der Waals surface area contributed by atoms with Crippen LogP contribution in [-0.4, -0.2) is 39.8 Å². The van der Waals surface area contributed by atoms with Gasteiger partial charge in [0.05, 0.1) is 12.3 Å². The molecule has 2 heterocycles. The Labute approximate surface area is 140 Å². The normalized spacial score (nSPS) is 25.6. The lowest BCUT2D eigenvalue weighted by Gasteiger charge is -2.21. The first-order valence-electron chi connectivity index (χ1n) is 7.08. The van der Waals surface area contributed by atoms with Gasteiger partial charge in [-0.25, -0.2) is 18.8 Å². The molecule has 1 aliphatic heterocycles. The molecule has 0 bridgehead atoms. The molecule has 1 aromatic rings. The van der Waals surface area contributed by atoms with Crippen LogP contribution in [0.15, 0.2) is 11.0 Å². The van der Waals surface area contributed by atoms with Crippen LogP contribution in [0.4, 0.5) is 10.2 Å². The number of aromatic nitrogens is 2. The maximum absolute atomic E-state index is 13.7. The number of anilines is 1. The van der Waals surface area contributed by atoms with Crippen LogP contribution in [0.2, 0.25) is 0 Å². The second kappa shape index (κ2) is 7.55. The second-order valence-electron chi connectivity index (χ2n) is 5.17. The van der Waals surface area contributed by atoms with E-state index >= 15 is 0 Å². The number of hydrogen-bond donors (Lipinski definition) is 1. The predicted octanol–water partition coefficient (Wildman–Crippen LogP) is -0.391. The Morgan fingerprint density at radius 3 is 2.36 bits per heavy atom. The summed E-state index contributed by atoms with van der Waals surface area (Å²) in [6, 6.07) is 0. The summed E-state index contributed by atoms with van der Waals surface area (Å²) in [6.45, 7) is 3.70. The zero-order chi connectivity index (χ0) is 18.7. The van der Waals surface area contributed by atoms with Crippen LogP contribution >= 0.6 is 0 Å². The van der Waals surface area contributed by atoms with Crippen molar-refractivity contribution in [3.05, 3.63) is 22.5 Å². The molecule has 4 atom stereocenters. The molecule has 0 radical (unpaired) electrons. The summed E-state index contributed by atoms with van der Waals surface area (Å²) >= 11 is 0. The van der Waals surface area contributed by atoms with Crippen molar-refractivity contribution in [3.63, 3.8) is 0 Å². The quantitative estimate of drug-likeness (QED) is 0.544. The summed E-state index contributed by atoms with van der Waals surface area (Å²) in [7, 11) is 0. The van der Waals surface area contributed by atoms with E-state index < -0.39 is 53.8 Å². The monoisotopic (exact) mass is 361 g/mol. The van der Waals surface area contributed by atoms with Crippen molar-refractivity contribution in [2.45, 2.75) is 45.3 Å². The van der Waals surface area contributed by atoms with E-state index in [9.17, 15) is 18.8 Å². The molecule has 2 rings (SSSR count). The molecule has 11 nitrogen and oxygen atoms in total. The maximum Gasteiger partial charge on any atom is 0.351 e. The molecule has 1 aliphatic rings. The zero-order valence-electron chi connectivity index (χ0n) is 13.5. The number of nitrogen functional groups attached to an aromatic ring is 1. The van der Waals surface area contributed by atoms with Crippen LogP contribution in [0.3, 0.4) is 0 Å². The standard InChI is InChI=1S/C13H16FN3O8/c1-5-9(24-22-6(2)18)10(25-23-7(3)19)12(21-5)17-4-8(14)11(15)16-13(17)20/h4-5,9-10,12H,1-3H3,(H2,15,16,20)/t5-,9+,10-,12-/m1/s1. The van der Waals surface area contributed by atoms with Gasteiger partial charge in [-0.1, -0.05) is 0 Å². The average molecular weight is 361 g/mol. The van der Waals surface area contributed by atoms with Crippen molar-refractivity contribution in [1.29, 1.82) is 0 Å². The van der Waals surface area contributed by atoms with Gasteiger partial charge in [-0.15, -0.1) is 0 Å². The summed E-state index contributed by atoms with van der Waals surface area (Å²) < 4.78 is 19.9. The van der Waals surface area contributed by atoms with Gasteiger partial charge in [0.1, 0.15) is 0 Å². The highest BCUT2D eigenvalue weighted by Gasteiger charge is 2.49. The van der Waals surface area contributed by atoms with Gasteiger partial charge in [-0.2, -0.15) is 14.8 Å². The lowest BCUT2D eigenvalue weighted by molar-refractivity contribution is -0.358. The first kappa shape index (κ1) is 18.8. The third-order valence-corrected chi connectivity index (χ3v) is 3.18. The van der Waals surface area contributed by atoms with Gasteiger partial charge in [0.25, 0.3) is 0 Å². The number of carbonyl (C=O) groups excluding carboxylic acids is 2. The molecule has 138 valence electrons. The molecule has 0 spiro atoms. The Morgan fingerprint density at radius 2 is 1.80 bits per heavy atom. The van der Waals surface area contributed by atoms with Crippen LogP contribution in [0.5, 0.6) is 0 Å². The van der Waals surface area contributed by atoms with E-state index in [4.69, 9.17) is 20.2 Å². The highest BCUT2D eigenvalue weighted by molar-refractivity contribution is 5.65. The average Bonchev–Trinajstić information content (AvgIpc) is 2.82. The Morgan fingerprint density at radius 1 is 1.24 bits per heavy atom. The van der Waals surface area contributed by atoms with Crippen LogP contribution in [0.25, 0.3) is 0 Å². The molecule has 0 aliphatic carbocycles. The van der Waals surface area contributed by atoms with Gasteiger partial charge in [-0.05, 0) is 6.92 Å². The van der Waals surface area contributed by atoms with Gasteiger partial charge >= 0.3 is 17.6 Å². The minimum Gasteiger partial charge on any atom is -0.381 e. The molecular weight excluding hydrogens is 345 g/mol. The molecule has 1 fully saturated rings. The summed E-state index contributed by atoms with van der Waals surface area (Å²) in [4.78, 5) is 56.0. The number of rotatable bonds is 5. The van der Waals surface area contributed by atoms with Gasteiger partial charge in [-0.3, -0.25) is 14.3 Å². The summed E-state index contributed by atoms with van der Waals surface area (Å²) in [6.07, 6.45) is -3.65. The van der Waals surface area contributed by atoms with E-state index in [0.717, 1.165) is 24.6 Å². The first-order chi connectivity index (χ1) is 11.7. The molecule has 25 heavy (non-hydrogen) atoms. The van der Waals surface area contributed by atoms with E-state index in [1.807, 2.05) is 0 Å². The van der Waals surface area contributed by atoms with Crippen molar-refractivity contribution >= 4 is 17.8 Å². The second-order valence-corrected chi connectivity index (χ2v) is 5.17. The molecule has 0 aromatic carbocycles. The Hall–Kier alpha value is -2.57. The topological polar surface area (TPSA) is 141 Å². The van der Waals surface area contributed by atoms with E-state index in [0.29, 0.717) is 0 Å². The Balaban J connectivity index is 2.34. The fourth-order valence-corrected chi connectivity index (χ4v) is 2.15. The summed E-state index contributed by atoms with van der Waals surface area (Å²) in [5.41, 5.74) is 4.30. The van der Waals surface area contributed by atoms with E-state index in [1.54, 1.807) is 0 Å². The fourth-order valence-electron chi connectivity index (χ4n) is 2.15. The van der Waals surface area contributed by atoms with Gasteiger partial charge in [0.2, 0.25) is 0 Å². The van der Waals surface area contributed by atoms with Crippen molar-refractivity contribution in [2.75, 3.05) is 5.73 Å². The number of carbonyl (C=O) groups is 2. The third-order valence-electron chi connectivity index (χ3n) is 3.18. The van der Waals surface area contributed by atoms with Crippen molar-refractivity contribution in [1.82, 2.24) is 9.55 Å². The number of hydrogen-bond acceptors (Lipinski definition) is 10. The summed E-state index contributed by atoms with van der Waals surface area (Å²) in [5.74, 6) is -3.10. The maximum atomic E-state index is 13.7. The Bertz CT molecular complexity index is 724. The smallest absolute Gasteiger partial charge is 0.351 e. The first-order valence-corrected chi connectivity index (χ1v) is 7.08. The number of nitrogens with zero attached hydrogens (tertiary/aromatic N) is 2. The lowest BCUT2D eigenvalue weighted by atomic mass is 10.1. The van der Waals surface area contributed by atoms with Gasteiger partial charge in [0.15, 0.2) is 30.1 Å². The van der Waals surface area contributed by atoms with Crippen LogP contribution < -0.4 is 11.4 Å². The third kappa shape index (κ3) is 4.29. The van der Waals surface area contributed by atoms with Crippen molar-refractivity contribution in [3.8, 4) is 0 Å². The predicted molar refractivity (Wildman–Crippen MR) is 75.7 cm³/mol. The number of nitrogens with two attached hydrogens (primary N) is 1. The molecule has 12 heteroatoms. The zero-order valence-corrected chi connectivity index (χ0v) is 13.5. The van der Waals surface area contributed by atoms with E-state index in [2.05, 4.69) is 14.8 Å². The van der Waals surface area contributed by atoms with E-state index in [1.165, 1.54) is 6.92 Å². The Kier molecular flexibility index (Phi) is 5.66. The number of halogens is 1. The van der Waals surface area contributed by atoms with Gasteiger partial charge < -0.3 is 10.5 Å². The largest absolute Gasteiger partial charge is 0.381 e. The van der Waals surface area contributed by atoms with Gasteiger partial charge in [0, 0.05) is 13.8 Å². The van der Waals surface area contributed by atoms with Crippen LogP contribution in [0.1, 0.15) is 27.0 Å². The molecule has 0 saturated carbocycles. The van der Waals surface area contributed by atoms with E-state index in [-0.39, 0.29) is 0 Å². The molecular formula is C13H16FN3O8. The lowest BCUT2D eigenvalue weighted by Crippen LogP contribution is -2.39. The molecule has 1 saturated heterocycles. The van der Waals surface area contributed by atoms with Crippen LogP contribution in [0, 0.1) is 5.82 Å². The number of ether oxygens (including phenoxy) is 1. The molecule has 0 unspecified atom stereocenters. The SMILES string of the molecule is CC(=O)OO[C@@H]1[C@@H](OOC(C)=O)[C@@H](C)O[C@H]1n1cc(F)c(N)nc1=O. The minimum atomic E-state index is -1.29. The fraction of sp³-hybridized carbons (Fsp3) is 0.538. The molecule has 2 N–H and O–H groups in total. The van der Waals surface area contributed by atoms with Crippen molar-refractivity contribution < 1.29 is 38.3 Å². The van der Waals surface area contributed by atoms with Crippen LogP contribution in [-0.2, 0) is 33.9 Å². The highest BCUT2D eigenvalue weighted by Crippen LogP contribution is 2.33. The molecule has 0 amide bonds. The summed E-state index contributed by atoms with van der Waals surface area (Å²) in [5, 5.41) is 0. The minimum absolute atomic E-state index is 0.586. The highest BCUT2D eigenvalue weighted by atomic mass is 19.1. The molecule has 1 aromatic heterocycles.